The van der Waals surface area contributed by atoms with E-state index in [0.29, 0.717) is 5.41 Å². The van der Waals surface area contributed by atoms with Crippen LogP contribution in [0.25, 0.3) is 0 Å². The molecule has 0 bridgehead atoms. The van der Waals surface area contributed by atoms with Crippen molar-refractivity contribution in [2.24, 2.45) is 17.3 Å². The van der Waals surface area contributed by atoms with Crippen molar-refractivity contribution in [3.8, 4) is 0 Å². The number of nitrogens with one attached hydrogen (secondary N) is 1. The molecule has 0 amide bonds. The fraction of sp³-hybridized carbons (Fsp3) is 1.00. The quantitative estimate of drug-likeness (QED) is 0.830. The molecule has 1 aliphatic carbocycles. The molecule has 1 saturated heterocycles. The number of nitrogens with zero attached hydrogens (tertiary/aromatic N) is 1. The lowest BCUT2D eigenvalue weighted by molar-refractivity contribution is 0.0700. The normalized spacial score (nSPS) is 33.8. The maximum absolute atomic E-state index is 3.47. The van der Waals surface area contributed by atoms with Gasteiger partial charge in [0.1, 0.15) is 0 Å². The van der Waals surface area contributed by atoms with E-state index in [1.807, 2.05) is 0 Å². The van der Waals surface area contributed by atoms with E-state index in [2.05, 4.69) is 38.0 Å². The summed E-state index contributed by atoms with van der Waals surface area (Å²) in [6, 6.07) is 0.818. The molecule has 1 saturated carbocycles. The van der Waals surface area contributed by atoms with E-state index in [4.69, 9.17) is 0 Å². The van der Waals surface area contributed by atoms with E-state index in [9.17, 15) is 0 Å². The Morgan fingerprint density at radius 2 is 1.83 bits per heavy atom. The lowest BCUT2D eigenvalue weighted by Gasteiger charge is -2.44. The molecule has 2 rings (SSSR count). The molecule has 2 heteroatoms. The molecule has 2 atom stereocenters. The zero-order chi connectivity index (χ0) is 13.2. The van der Waals surface area contributed by atoms with Crippen LogP contribution in [0.15, 0.2) is 0 Å². The smallest absolute Gasteiger partial charge is 0.00999 e. The minimum atomic E-state index is 0.546. The monoisotopic (exact) mass is 252 g/mol. The summed E-state index contributed by atoms with van der Waals surface area (Å²) in [6.45, 7) is 11.1. The molecular weight excluding hydrogens is 220 g/mol. The van der Waals surface area contributed by atoms with Crippen molar-refractivity contribution in [3.63, 3.8) is 0 Å². The van der Waals surface area contributed by atoms with Gasteiger partial charge >= 0.3 is 0 Å². The summed E-state index contributed by atoms with van der Waals surface area (Å²) < 4.78 is 0. The summed E-state index contributed by atoms with van der Waals surface area (Å²) in [7, 11) is 2.36. The van der Waals surface area contributed by atoms with Crippen LogP contribution < -0.4 is 5.32 Å². The molecule has 1 heterocycles. The van der Waals surface area contributed by atoms with Crippen LogP contribution in [0.1, 0.15) is 52.9 Å². The standard InChI is InChI=1S/C16H32N2/c1-13-9-15(11-16(2,3)10-13)18(4)12-14-5-7-17-8-6-14/h13-15,17H,5-12H2,1-4H3. The third-order valence-electron chi connectivity index (χ3n) is 4.99. The van der Waals surface area contributed by atoms with Crippen molar-refractivity contribution in [1.29, 1.82) is 0 Å². The fourth-order valence-electron chi connectivity index (χ4n) is 4.25. The van der Waals surface area contributed by atoms with Crippen molar-refractivity contribution in [2.75, 3.05) is 26.7 Å². The van der Waals surface area contributed by atoms with Crippen molar-refractivity contribution >= 4 is 0 Å². The van der Waals surface area contributed by atoms with Gasteiger partial charge in [-0.2, -0.15) is 0 Å². The highest BCUT2D eigenvalue weighted by molar-refractivity contribution is 4.88. The zero-order valence-electron chi connectivity index (χ0n) is 12.8. The predicted octanol–water partition coefficient (Wildman–Crippen LogP) is 3.13. The Morgan fingerprint density at radius 3 is 2.44 bits per heavy atom. The SMILES string of the molecule is CC1CC(N(C)CC2CCNCC2)CC(C)(C)C1. The van der Waals surface area contributed by atoms with Crippen LogP contribution in [0.4, 0.5) is 0 Å². The highest BCUT2D eigenvalue weighted by Gasteiger charge is 2.34. The first-order chi connectivity index (χ1) is 8.46. The van der Waals surface area contributed by atoms with Crippen LogP contribution in [0.3, 0.4) is 0 Å². The fourth-order valence-corrected chi connectivity index (χ4v) is 4.25. The topological polar surface area (TPSA) is 15.3 Å². The van der Waals surface area contributed by atoms with Gasteiger partial charge in [0.2, 0.25) is 0 Å². The first-order valence-corrected chi connectivity index (χ1v) is 7.87. The van der Waals surface area contributed by atoms with Crippen LogP contribution in [0.2, 0.25) is 0 Å². The highest BCUT2D eigenvalue weighted by Crippen LogP contribution is 2.40. The molecule has 1 aliphatic heterocycles. The Hall–Kier alpha value is -0.0800. The summed E-state index contributed by atoms with van der Waals surface area (Å²) in [4.78, 5) is 2.67. The zero-order valence-corrected chi connectivity index (χ0v) is 12.8. The van der Waals surface area contributed by atoms with Gasteiger partial charge in [-0.1, -0.05) is 20.8 Å². The largest absolute Gasteiger partial charge is 0.317 e. The molecule has 0 aromatic carbocycles. The van der Waals surface area contributed by atoms with Crippen molar-refractivity contribution in [1.82, 2.24) is 10.2 Å². The number of hydrogen-bond donors (Lipinski definition) is 1. The van der Waals surface area contributed by atoms with Gasteiger partial charge in [0.05, 0.1) is 0 Å². The lowest BCUT2D eigenvalue weighted by atomic mass is 9.70. The molecule has 2 nitrogen and oxygen atoms in total. The Kier molecular flexibility index (Phi) is 4.71. The van der Waals surface area contributed by atoms with Crippen molar-refractivity contribution in [3.05, 3.63) is 0 Å². The third-order valence-corrected chi connectivity index (χ3v) is 4.99. The van der Waals surface area contributed by atoms with Crippen LogP contribution in [-0.2, 0) is 0 Å². The minimum Gasteiger partial charge on any atom is -0.317 e. The van der Waals surface area contributed by atoms with Gasteiger partial charge in [-0.3, -0.25) is 0 Å². The van der Waals surface area contributed by atoms with Crippen LogP contribution in [-0.4, -0.2) is 37.6 Å². The summed E-state index contributed by atoms with van der Waals surface area (Å²) in [5.41, 5.74) is 0.546. The molecule has 2 aliphatic rings. The average molecular weight is 252 g/mol. The Labute approximate surface area is 114 Å². The van der Waals surface area contributed by atoms with Gasteiger partial charge in [-0.25, -0.2) is 0 Å². The van der Waals surface area contributed by atoms with Gasteiger partial charge in [-0.05, 0) is 69.5 Å². The molecule has 0 radical (unpaired) electrons. The number of hydrogen-bond acceptors (Lipinski definition) is 2. The van der Waals surface area contributed by atoms with Crippen LogP contribution >= 0.6 is 0 Å². The second-order valence-corrected chi connectivity index (χ2v) is 7.70. The predicted molar refractivity (Wildman–Crippen MR) is 78.8 cm³/mol. The van der Waals surface area contributed by atoms with Gasteiger partial charge in [0.15, 0.2) is 0 Å². The van der Waals surface area contributed by atoms with E-state index in [0.717, 1.165) is 17.9 Å². The summed E-state index contributed by atoms with van der Waals surface area (Å²) in [6.07, 6.45) is 6.94. The van der Waals surface area contributed by atoms with Crippen molar-refractivity contribution < 1.29 is 0 Å². The van der Waals surface area contributed by atoms with Crippen molar-refractivity contribution in [2.45, 2.75) is 58.9 Å². The number of rotatable bonds is 3. The summed E-state index contributed by atoms with van der Waals surface area (Å²) in [5.74, 6) is 1.82. The second-order valence-electron chi connectivity index (χ2n) is 7.70. The van der Waals surface area contributed by atoms with Gasteiger partial charge in [0, 0.05) is 12.6 Å². The van der Waals surface area contributed by atoms with E-state index in [-0.39, 0.29) is 0 Å². The Balaban J connectivity index is 1.85. The van der Waals surface area contributed by atoms with Gasteiger partial charge < -0.3 is 10.2 Å². The first-order valence-electron chi connectivity index (χ1n) is 7.87. The molecule has 106 valence electrons. The van der Waals surface area contributed by atoms with E-state index >= 15 is 0 Å². The Morgan fingerprint density at radius 1 is 1.17 bits per heavy atom. The number of piperidine rings is 1. The van der Waals surface area contributed by atoms with Gasteiger partial charge in [0.25, 0.3) is 0 Å². The summed E-state index contributed by atoms with van der Waals surface area (Å²) in [5, 5.41) is 3.47. The molecule has 2 unspecified atom stereocenters. The molecule has 0 aromatic heterocycles. The van der Waals surface area contributed by atoms with Gasteiger partial charge in [-0.15, -0.1) is 0 Å². The maximum atomic E-state index is 3.47. The molecule has 1 N–H and O–H groups in total. The first kappa shape index (κ1) is 14.3. The third kappa shape index (κ3) is 3.96. The molecule has 0 aromatic rings. The molecule has 2 fully saturated rings. The average Bonchev–Trinajstić information content (AvgIpc) is 2.27. The van der Waals surface area contributed by atoms with Crippen LogP contribution in [0.5, 0.6) is 0 Å². The maximum Gasteiger partial charge on any atom is 0.00999 e. The lowest BCUT2D eigenvalue weighted by Crippen LogP contribution is -2.44. The van der Waals surface area contributed by atoms with E-state index < -0.39 is 0 Å². The van der Waals surface area contributed by atoms with E-state index in [1.165, 1.54) is 51.7 Å². The van der Waals surface area contributed by atoms with E-state index in [1.54, 1.807) is 0 Å². The van der Waals surface area contributed by atoms with Crippen LogP contribution in [0, 0.1) is 17.3 Å². The molecular formula is C16H32N2. The highest BCUT2D eigenvalue weighted by atomic mass is 15.1. The Bertz CT molecular complexity index is 256. The minimum absolute atomic E-state index is 0.546. The summed E-state index contributed by atoms with van der Waals surface area (Å²) >= 11 is 0. The second kappa shape index (κ2) is 5.92. The molecule has 18 heavy (non-hydrogen) atoms. The molecule has 0 spiro atoms.